The van der Waals surface area contributed by atoms with Gasteiger partial charge in [-0.2, -0.15) is 0 Å². The lowest BCUT2D eigenvalue weighted by Crippen LogP contribution is -2.13. The molecular formula is C16H20N2O2S. The van der Waals surface area contributed by atoms with E-state index in [1.165, 1.54) is 0 Å². The Balaban J connectivity index is 2.13. The van der Waals surface area contributed by atoms with Gasteiger partial charge in [0, 0.05) is 6.20 Å². The number of nitrogens with zero attached hydrogens (tertiary/aromatic N) is 1. The highest BCUT2D eigenvalue weighted by atomic mass is 32.2. The highest BCUT2D eigenvalue weighted by molar-refractivity contribution is 7.92. The third-order valence-electron chi connectivity index (χ3n) is 3.20. The molecule has 112 valence electrons. The Morgan fingerprint density at radius 3 is 2.38 bits per heavy atom. The Bertz CT molecular complexity index is 677. The predicted octanol–water partition coefficient (Wildman–Crippen LogP) is 3.53. The SMILES string of the molecule is CCCCc1ccc(S(=O)(=O)Nc2ccc(C)cn2)cc1. The van der Waals surface area contributed by atoms with E-state index >= 15 is 0 Å². The van der Waals surface area contributed by atoms with E-state index < -0.39 is 10.0 Å². The summed E-state index contributed by atoms with van der Waals surface area (Å²) in [4.78, 5) is 4.31. The largest absolute Gasteiger partial charge is 0.263 e. The van der Waals surface area contributed by atoms with E-state index in [2.05, 4.69) is 16.6 Å². The molecule has 0 radical (unpaired) electrons. The van der Waals surface area contributed by atoms with Gasteiger partial charge in [-0.25, -0.2) is 13.4 Å². The van der Waals surface area contributed by atoms with E-state index in [0.29, 0.717) is 5.82 Å². The van der Waals surface area contributed by atoms with E-state index in [0.717, 1.165) is 30.4 Å². The lowest BCUT2D eigenvalue weighted by atomic mass is 10.1. The first-order valence-electron chi connectivity index (χ1n) is 7.05. The number of aryl methyl sites for hydroxylation is 2. The van der Waals surface area contributed by atoms with Crippen LogP contribution in [0.2, 0.25) is 0 Å². The highest BCUT2D eigenvalue weighted by Gasteiger charge is 2.14. The quantitative estimate of drug-likeness (QED) is 0.888. The van der Waals surface area contributed by atoms with Gasteiger partial charge in [-0.3, -0.25) is 4.72 Å². The number of aromatic nitrogens is 1. The Morgan fingerprint density at radius 2 is 1.81 bits per heavy atom. The average Bonchev–Trinajstić information content (AvgIpc) is 2.48. The number of unbranched alkanes of at least 4 members (excludes halogenated alkanes) is 1. The van der Waals surface area contributed by atoms with Gasteiger partial charge in [0.05, 0.1) is 4.90 Å². The van der Waals surface area contributed by atoms with Gasteiger partial charge in [0.15, 0.2) is 0 Å². The molecule has 21 heavy (non-hydrogen) atoms. The summed E-state index contributed by atoms with van der Waals surface area (Å²) in [7, 11) is -3.58. The minimum Gasteiger partial charge on any atom is -0.263 e. The van der Waals surface area contributed by atoms with Gasteiger partial charge in [-0.05, 0) is 49.1 Å². The van der Waals surface area contributed by atoms with Crippen LogP contribution in [0.15, 0.2) is 47.5 Å². The molecule has 1 aromatic carbocycles. The molecule has 0 unspecified atom stereocenters. The zero-order valence-electron chi connectivity index (χ0n) is 12.3. The van der Waals surface area contributed by atoms with Crippen molar-refractivity contribution in [1.29, 1.82) is 0 Å². The monoisotopic (exact) mass is 304 g/mol. The summed E-state index contributed by atoms with van der Waals surface area (Å²) in [5.41, 5.74) is 2.14. The van der Waals surface area contributed by atoms with Crippen LogP contribution < -0.4 is 4.72 Å². The van der Waals surface area contributed by atoms with Crippen molar-refractivity contribution in [1.82, 2.24) is 4.98 Å². The summed E-state index contributed by atoms with van der Waals surface area (Å²) >= 11 is 0. The maximum Gasteiger partial charge on any atom is 0.263 e. The number of rotatable bonds is 6. The number of benzene rings is 1. The standard InChI is InChI=1S/C16H20N2O2S/c1-3-4-5-14-7-9-15(10-8-14)21(19,20)18-16-11-6-13(2)12-17-16/h6-12H,3-5H2,1-2H3,(H,17,18). The zero-order valence-corrected chi connectivity index (χ0v) is 13.2. The molecule has 1 aromatic heterocycles. The Labute approximate surface area is 126 Å². The summed E-state index contributed by atoms with van der Waals surface area (Å²) in [5, 5.41) is 0. The first-order valence-corrected chi connectivity index (χ1v) is 8.54. The Kier molecular flexibility index (Phi) is 4.96. The minimum absolute atomic E-state index is 0.255. The molecule has 1 N–H and O–H groups in total. The van der Waals surface area contributed by atoms with Crippen molar-refractivity contribution in [3.05, 3.63) is 53.7 Å². The van der Waals surface area contributed by atoms with Crippen molar-refractivity contribution in [3.63, 3.8) is 0 Å². The number of hydrogen-bond acceptors (Lipinski definition) is 3. The molecule has 0 aliphatic rings. The first kappa shape index (κ1) is 15.5. The van der Waals surface area contributed by atoms with E-state index in [1.54, 1.807) is 24.4 Å². The zero-order chi connectivity index (χ0) is 15.3. The molecule has 0 aliphatic heterocycles. The Hall–Kier alpha value is -1.88. The van der Waals surface area contributed by atoms with Crippen molar-refractivity contribution in [2.24, 2.45) is 0 Å². The fraction of sp³-hybridized carbons (Fsp3) is 0.312. The molecule has 0 fully saturated rings. The van der Waals surface area contributed by atoms with Crippen LogP contribution in [0.3, 0.4) is 0 Å². The molecule has 0 amide bonds. The van der Waals surface area contributed by atoms with Crippen LogP contribution >= 0.6 is 0 Å². The molecule has 1 heterocycles. The molecule has 0 spiro atoms. The summed E-state index contributed by atoms with van der Waals surface area (Å²) in [6, 6.07) is 10.5. The molecular weight excluding hydrogens is 284 g/mol. The van der Waals surface area contributed by atoms with E-state index in [-0.39, 0.29) is 4.90 Å². The van der Waals surface area contributed by atoms with Gasteiger partial charge < -0.3 is 0 Å². The number of nitrogens with one attached hydrogen (secondary N) is 1. The molecule has 0 saturated carbocycles. The Morgan fingerprint density at radius 1 is 1.10 bits per heavy atom. The van der Waals surface area contributed by atoms with Crippen molar-refractivity contribution < 1.29 is 8.42 Å². The van der Waals surface area contributed by atoms with Crippen LogP contribution in [0.1, 0.15) is 30.9 Å². The second-order valence-corrected chi connectivity index (χ2v) is 6.76. The molecule has 4 nitrogen and oxygen atoms in total. The molecule has 0 saturated heterocycles. The smallest absolute Gasteiger partial charge is 0.263 e. The molecule has 2 rings (SSSR count). The van der Waals surface area contributed by atoms with Crippen molar-refractivity contribution in [2.75, 3.05) is 4.72 Å². The summed E-state index contributed by atoms with van der Waals surface area (Å²) in [6.07, 6.45) is 4.84. The van der Waals surface area contributed by atoms with E-state index in [9.17, 15) is 8.42 Å². The second-order valence-electron chi connectivity index (χ2n) is 5.07. The maximum atomic E-state index is 12.3. The molecule has 0 bridgehead atoms. The fourth-order valence-electron chi connectivity index (χ4n) is 1.94. The summed E-state index contributed by atoms with van der Waals surface area (Å²) in [5.74, 6) is 0.329. The van der Waals surface area contributed by atoms with Crippen LogP contribution in [0.5, 0.6) is 0 Å². The number of sulfonamides is 1. The number of hydrogen-bond donors (Lipinski definition) is 1. The maximum absolute atomic E-state index is 12.3. The second kappa shape index (κ2) is 6.72. The van der Waals surface area contributed by atoms with Gasteiger partial charge >= 0.3 is 0 Å². The van der Waals surface area contributed by atoms with Crippen LogP contribution in [0, 0.1) is 6.92 Å². The lowest BCUT2D eigenvalue weighted by molar-refractivity contribution is 0.601. The summed E-state index contributed by atoms with van der Waals surface area (Å²) in [6.45, 7) is 4.04. The highest BCUT2D eigenvalue weighted by Crippen LogP contribution is 2.16. The lowest BCUT2D eigenvalue weighted by Gasteiger charge is -2.08. The molecule has 0 aliphatic carbocycles. The van der Waals surface area contributed by atoms with Crippen LogP contribution in [-0.4, -0.2) is 13.4 Å². The normalized spacial score (nSPS) is 11.3. The number of pyridine rings is 1. The van der Waals surface area contributed by atoms with Crippen LogP contribution in [0.4, 0.5) is 5.82 Å². The fourth-order valence-corrected chi connectivity index (χ4v) is 2.95. The first-order chi connectivity index (χ1) is 10.0. The average molecular weight is 304 g/mol. The van der Waals surface area contributed by atoms with Crippen LogP contribution in [0.25, 0.3) is 0 Å². The summed E-state index contributed by atoms with van der Waals surface area (Å²) < 4.78 is 27.0. The van der Waals surface area contributed by atoms with Gasteiger partial charge in [-0.15, -0.1) is 0 Å². The van der Waals surface area contributed by atoms with E-state index in [4.69, 9.17) is 0 Å². The van der Waals surface area contributed by atoms with Gasteiger partial charge in [0.2, 0.25) is 0 Å². The van der Waals surface area contributed by atoms with Gasteiger partial charge in [0.25, 0.3) is 10.0 Å². The topological polar surface area (TPSA) is 59.1 Å². The minimum atomic E-state index is -3.58. The van der Waals surface area contributed by atoms with E-state index in [1.807, 2.05) is 25.1 Å². The third-order valence-corrected chi connectivity index (χ3v) is 4.57. The molecule has 5 heteroatoms. The number of anilines is 1. The predicted molar refractivity (Wildman–Crippen MR) is 84.8 cm³/mol. The third kappa shape index (κ3) is 4.29. The van der Waals surface area contributed by atoms with Crippen molar-refractivity contribution in [2.45, 2.75) is 38.0 Å². The van der Waals surface area contributed by atoms with Crippen molar-refractivity contribution >= 4 is 15.8 Å². The van der Waals surface area contributed by atoms with Gasteiger partial charge in [0.1, 0.15) is 5.82 Å². The molecule has 0 atom stereocenters. The van der Waals surface area contributed by atoms with Gasteiger partial charge in [-0.1, -0.05) is 31.5 Å². The van der Waals surface area contributed by atoms with Crippen LogP contribution in [-0.2, 0) is 16.4 Å². The molecule has 2 aromatic rings. The van der Waals surface area contributed by atoms with Crippen molar-refractivity contribution in [3.8, 4) is 0 Å².